The fraction of sp³-hybridized carbons (Fsp3) is 0.370. The second-order valence-electron chi connectivity index (χ2n) is 9.13. The smallest absolute Gasteiger partial charge is 0.253 e. The van der Waals surface area contributed by atoms with Gasteiger partial charge in [0.25, 0.3) is 5.91 Å². The predicted octanol–water partition coefficient (Wildman–Crippen LogP) is 6.14. The fourth-order valence-electron chi connectivity index (χ4n) is 5.40. The number of carbonyl (C=O) groups excluding carboxylic acids is 1. The van der Waals surface area contributed by atoms with Crippen LogP contribution >= 0.6 is 22.9 Å². The first-order valence-electron chi connectivity index (χ1n) is 11.5. The minimum Gasteiger partial charge on any atom is -0.338 e. The summed E-state index contributed by atoms with van der Waals surface area (Å²) in [6.45, 7) is 4.92. The lowest BCUT2D eigenvalue weighted by atomic mass is 9.87. The lowest BCUT2D eigenvalue weighted by Gasteiger charge is -2.34. The molecule has 2 aromatic carbocycles. The molecule has 2 aliphatic rings. The molecule has 0 N–H and O–H groups in total. The van der Waals surface area contributed by atoms with E-state index in [4.69, 9.17) is 11.6 Å². The van der Waals surface area contributed by atoms with Gasteiger partial charge in [-0.2, -0.15) is 11.3 Å². The van der Waals surface area contributed by atoms with Crippen molar-refractivity contribution in [2.24, 2.45) is 5.92 Å². The van der Waals surface area contributed by atoms with Crippen LogP contribution in [0.25, 0.3) is 0 Å². The van der Waals surface area contributed by atoms with Gasteiger partial charge in [0.05, 0.1) is 0 Å². The van der Waals surface area contributed by atoms with Crippen LogP contribution in [0.15, 0.2) is 71.4 Å². The lowest BCUT2D eigenvalue weighted by Crippen LogP contribution is -2.38. The van der Waals surface area contributed by atoms with E-state index >= 15 is 0 Å². The third-order valence-electron chi connectivity index (χ3n) is 7.12. The second-order valence-corrected chi connectivity index (χ2v) is 10.3. The number of hydrogen-bond donors (Lipinski definition) is 0. The number of halogens is 1. The number of piperidine rings is 1. The molecule has 3 nitrogen and oxygen atoms in total. The van der Waals surface area contributed by atoms with Crippen molar-refractivity contribution < 1.29 is 4.79 Å². The topological polar surface area (TPSA) is 23.6 Å². The van der Waals surface area contributed by atoms with Gasteiger partial charge in [-0.15, -0.1) is 0 Å². The van der Waals surface area contributed by atoms with E-state index in [0.29, 0.717) is 28.3 Å². The Bertz CT molecular complexity index is 1030. The van der Waals surface area contributed by atoms with E-state index in [1.165, 1.54) is 24.0 Å². The molecule has 1 aromatic heterocycles. The Balaban J connectivity index is 1.26. The molecule has 2 fully saturated rings. The summed E-state index contributed by atoms with van der Waals surface area (Å²) in [4.78, 5) is 17.9. The molecule has 1 amide bonds. The van der Waals surface area contributed by atoms with Crippen molar-refractivity contribution >= 4 is 28.8 Å². The molecule has 3 heterocycles. The molecule has 5 rings (SSSR count). The highest BCUT2D eigenvalue weighted by Crippen LogP contribution is 2.36. The Labute approximate surface area is 199 Å². The standard InChI is InChI=1S/C27H29ClN2OS/c28-25-8-4-7-22(15-25)27(31)30-17-24(26(18-30)23-11-14-32-19-23)16-29-12-9-21(10-13-29)20-5-2-1-3-6-20/h1-8,11,14-15,19,21,24,26H,9-10,12-13,16-18H2. The first-order chi connectivity index (χ1) is 15.7. The summed E-state index contributed by atoms with van der Waals surface area (Å²) in [6, 6.07) is 20.5. The van der Waals surface area contributed by atoms with Crippen molar-refractivity contribution in [3.63, 3.8) is 0 Å². The molecule has 0 aliphatic carbocycles. The second kappa shape index (κ2) is 9.78. The Morgan fingerprint density at radius 2 is 1.78 bits per heavy atom. The first-order valence-corrected chi connectivity index (χ1v) is 12.8. The van der Waals surface area contributed by atoms with Gasteiger partial charge >= 0.3 is 0 Å². The summed E-state index contributed by atoms with van der Waals surface area (Å²) in [5.74, 6) is 1.62. The number of benzene rings is 2. The largest absolute Gasteiger partial charge is 0.338 e. The van der Waals surface area contributed by atoms with Crippen LogP contribution < -0.4 is 0 Å². The van der Waals surface area contributed by atoms with Crippen molar-refractivity contribution in [3.05, 3.63) is 93.1 Å². The van der Waals surface area contributed by atoms with E-state index in [-0.39, 0.29) is 5.91 Å². The highest BCUT2D eigenvalue weighted by atomic mass is 35.5. The highest BCUT2D eigenvalue weighted by molar-refractivity contribution is 7.08. The number of carbonyl (C=O) groups is 1. The van der Waals surface area contributed by atoms with Gasteiger partial charge in [-0.1, -0.05) is 48.0 Å². The number of nitrogens with zero attached hydrogens (tertiary/aromatic N) is 2. The zero-order valence-corrected chi connectivity index (χ0v) is 19.8. The van der Waals surface area contributed by atoms with E-state index in [1.807, 2.05) is 23.1 Å². The molecule has 0 bridgehead atoms. The van der Waals surface area contributed by atoms with Gasteiger partial charge in [-0.3, -0.25) is 4.79 Å². The molecule has 5 heteroatoms. The van der Waals surface area contributed by atoms with E-state index in [9.17, 15) is 4.79 Å². The Morgan fingerprint density at radius 1 is 0.969 bits per heavy atom. The zero-order chi connectivity index (χ0) is 21.9. The van der Waals surface area contributed by atoms with Crippen molar-refractivity contribution in [2.75, 3.05) is 32.7 Å². The van der Waals surface area contributed by atoms with Crippen LogP contribution in [0.5, 0.6) is 0 Å². The summed E-state index contributed by atoms with van der Waals surface area (Å²) < 4.78 is 0. The van der Waals surface area contributed by atoms with E-state index in [1.54, 1.807) is 17.4 Å². The average Bonchev–Trinajstić information content (AvgIpc) is 3.50. The molecule has 0 saturated carbocycles. The highest BCUT2D eigenvalue weighted by Gasteiger charge is 2.38. The van der Waals surface area contributed by atoms with Crippen LogP contribution in [0.4, 0.5) is 0 Å². The van der Waals surface area contributed by atoms with E-state index < -0.39 is 0 Å². The van der Waals surface area contributed by atoms with Gasteiger partial charge in [-0.25, -0.2) is 0 Å². The molecular formula is C27H29ClN2OS. The number of likely N-dealkylation sites (tertiary alicyclic amines) is 2. The third-order valence-corrected chi connectivity index (χ3v) is 8.06. The number of hydrogen-bond acceptors (Lipinski definition) is 3. The van der Waals surface area contributed by atoms with E-state index in [0.717, 1.165) is 32.7 Å². The Hall–Kier alpha value is -2.14. The monoisotopic (exact) mass is 464 g/mol. The Kier molecular flexibility index (Phi) is 6.63. The summed E-state index contributed by atoms with van der Waals surface area (Å²) in [5, 5.41) is 5.02. The first kappa shape index (κ1) is 21.7. The molecular weight excluding hydrogens is 436 g/mol. The number of amides is 1. The van der Waals surface area contributed by atoms with Gasteiger partial charge in [0.1, 0.15) is 0 Å². The third kappa shape index (κ3) is 4.78. The quantitative estimate of drug-likeness (QED) is 0.453. The van der Waals surface area contributed by atoms with Crippen LogP contribution in [-0.2, 0) is 0 Å². The maximum absolute atomic E-state index is 13.2. The maximum Gasteiger partial charge on any atom is 0.253 e. The molecule has 0 spiro atoms. The van der Waals surface area contributed by atoms with Crippen LogP contribution in [-0.4, -0.2) is 48.4 Å². The zero-order valence-electron chi connectivity index (χ0n) is 18.2. The summed E-state index contributed by atoms with van der Waals surface area (Å²) >= 11 is 7.89. The average molecular weight is 465 g/mol. The maximum atomic E-state index is 13.2. The minimum absolute atomic E-state index is 0.0954. The molecule has 2 atom stereocenters. The van der Waals surface area contributed by atoms with Crippen molar-refractivity contribution in [2.45, 2.75) is 24.7 Å². The number of thiophene rings is 1. The SMILES string of the molecule is O=C(c1cccc(Cl)c1)N1CC(CN2CCC(c3ccccc3)CC2)C(c2ccsc2)C1. The van der Waals surface area contributed by atoms with Crippen molar-refractivity contribution in [1.29, 1.82) is 0 Å². The van der Waals surface area contributed by atoms with Gasteiger partial charge in [-0.05, 0) is 83.9 Å². The van der Waals surface area contributed by atoms with Gasteiger partial charge in [0, 0.05) is 36.1 Å². The van der Waals surface area contributed by atoms with Crippen molar-refractivity contribution in [3.8, 4) is 0 Å². The van der Waals surface area contributed by atoms with Gasteiger partial charge in [0.15, 0.2) is 0 Å². The van der Waals surface area contributed by atoms with Crippen LogP contribution in [0.3, 0.4) is 0 Å². The summed E-state index contributed by atoms with van der Waals surface area (Å²) in [6.07, 6.45) is 2.43. The molecule has 2 aliphatic heterocycles. The molecule has 2 unspecified atom stereocenters. The lowest BCUT2D eigenvalue weighted by molar-refractivity contribution is 0.0781. The molecule has 0 radical (unpaired) electrons. The van der Waals surface area contributed by atoms with Crippen LogP contribution in [0, 0.1) is 5.92 Å². The van der Waals surface area contributed by atoms with Crippen molar-refractivity contribution in [1.82, 2.24) is 9.80 Å². The normalized spacial score (nSPS) is 22.3. The number of rotatable bonds is 5. The molecule has 166 valence electrons. The fourth-order valence-corrected chi connectivity index (χ4v) is 6.31. The molecule has 32 heavy (non-hydrogen) atoms. The molecule has 2 saturated heterocycles. The molecule has 3 aromatic rings. The van der Waals surface area contributed by atoms with Gasteiger partial charge < -0.3 is 9.80 Å². The van der Waals surface area contributed by atoms with Crippen LogP contribution in [0.1, 0.15) is 46.2 Å². The summed E-state index contributed by atoms with van der Waals surface area (Å²) in [7, 11) is 0. The minimum atomic E-state index is 0.0954. The Morgan fingerprint density at radius 3 is 2.50 bits per heavy atom. The summed E-state index contributed by atoms with van der Waals surface area (Å²) in [5.41, 5.74) is 3.54. The van der Waals surface area contributed by atoms with Gasteiger partial charge in [0.2, 0.25) is 0 Å². The predicted molar refractivity (Wildman–Crippen MR) is 133 cm³/mol. The van der Waals surface area contributed by atoms with Crippen LogP contribution in [0.2, 0.25) is 5.02 Å². The van der Waals surface area contributed by atoms with E-state index in [2.05, 4.69) is 52.1 Å².